The molecule has 3 N–H and O–H groups in total. The van der Waals surface area contributed by atoms with Gasteiger partial charge in [-0.15, -0.1) is 0 Å². The first-order valence-corrected chi connectivity index (χ1v) is 10.4. The maximum atomic E-state index is 12.9. The maximum absolute atomic E-state index is 12.9. The van der Waals surface area contributed by atoms with E-state index in [9.17, 15) is 9.59 Å². The normalized spacial score (nSPS) is 11.7. The zero-order chi connectivity index (χ0) is 22.3. The number of esters is 1. The molecule has 5 nitrogen and oxygen atoms in total. The zero-order valence-electron chi connectivity index (χ0n) is 17.5. The van der Waals surface area contributed by atoms with Crippen LogP contribution in [0, 0.1) is 0 Å². The van der Waals surface area contributed by atoms with Crippen molar-refractivity contribution in [1.82, 2.24) is 0 Å². The smallest absolute Gasteiger partial charge is 0.338 e. The van der Waals surface area contributed by atoms with E-state index in [-0.39, 0.29) is 25.0 Å². The summed E-state index contributed by atoms with van der Waals surface area (Å²) in [5.41, 5.74) is 8.81. The van der Waals surface area contributed by atoms with Gasteiger partial charge in [-0.1, -0.05) is 72.8 Å². The van der Waals surface area contributed by atoms with Crippen LogP contribution in [0.2, 0.25) is 0 Å². The molecule has 0 aromatic heterocycles. The average Bonchev–Trinajstić information content (AvgIpc) is 2.84. The summed E-state index contributed by atoms with van der Waals surface area (Å²) >= 11 is 0. The van der Waals surface area contributed by atoms with Gasteiger partial charge in [0.05, 0.1) is 11.5 Å². The Morgan fingerprint density at radius 3 is 2.22 bits per heavy atom. The molecule has 0 saturated heterocycles. The molecule has 0 aliphatic heterocycles. The van der Waals surface area contributed by atoms with E-state index in [4.69, 9.17) is 10.5 Å². The lowest BCUT2D eigenvalue weighted by Crippen LogP contribution is -2.27. The van der Waals surface area contributed by atoms with E-state index in [1.807, 2.05) is 72.8 Å². The number of carbonyl (C=O) groups excluding carboxylic acids is 2. The quantitative estimate of drug-likeness (QED) is 0.415. The highest BCUT2D eigenvalue weighted by Gasteiger charge is 2.19. The first-order valence-electron chi connectivity index (χ1n) is 10.4. The molecular weight excluding hydrogens is 400 g/mol. The second-order valence-electron chi connectivity index (χ2n) is 7.52. The molecule has 5 heteroatoms. The van der Waals surface area contributed by atoms with Crippen LogP contribution in [0.5, 0.6) is 0 Å². The summed E-state index contributed by atoms with van der Waals surface area (Å²) in [7, 11) is 0. The number of ether oxygens (including phenoxy) is 1. The summed E-state index contributed by atoms with van der Waals surface area (Å²) < 4.78 is 5.36. The molecule has 1 amide bonds. The molecular formula is C27H24N2O3. The Morgan fingerprint density at radius 1 is 0.812 bits per heavy atom. The average molecular weight is 425 g/mol. The number of rotatable bonds is 7. The highest BCUT2D eigenvalue weighted by Crippen LogP contribution is 2.22. The van der Waals surface area contributed by atoms with Crippen LogP contribution in [0.25, 0.3) is 10.8 Å². The van der Waals surface area contributed by atoms with Crippen LogP contribution in [0.4, 0.5) is 5.69 Å². The number of hydrogen-bond acceptors (Lipinski definition) is 4. The minimum Gasteiger partial charge on any atom is -0.457 e. The minimum atomic E-state index is -0.484. The van der Waals surface area contributed by atoms with Crippen molar-refractivity contribution in [2.45, 2.75) is 12.5 Å². The Hall–Kier alpha value is -3.96. The topological polar surface area (TPSA) is 81.4 Å². The third-order valence-electron chi connectivity index (χ3n) is 5.33. The third-order valence-corrected chi connectivity index (χ3v) is 5.33. The molecule has 0 heterocycles. The van der Waals surface area contributed by atoms with Crippen LogP contribution >= 0.6 is 0 Å². The minimum absolute atomic E-state index is 0.157. The van der Waals surface area contributed by atoms with E-state index in [1.165, 1.54) is 0 Å². The Kier molecular flexibility index (Phi) is 6.58. The molecule has 1 atom stereocenters. The van der Waals surface area contributed by atoms with E-state index in [1.54, 1.807) is 24.3 Å². The SMILES string of the molecule is NC[C@H](C(=O)Nc1ccc2ccccc2c1)c1ccc(COC(=O)c2ccccc2)cc1. The van der Waals surface area contributed by atoms with E-state index in [0.717, 1.165) is 27.6 Å². The van der Waals surface area contributed by atoms with Crippen molar-refractivity contribution in [2.75, 3.05) is 11.9 Å². The van der Waals surface area contributed by atoms with E-state index in [2.05, 4.69) is 5.32 Å². The summed E-state index contributed by atoms with van der Waals surface area (Å²) in [6, 6.07) is 30.1. The van der Waals surface area contributed by atoms with Crippen molar-refractivity contribution in [1.29, 1.82) is 0 Å². The van der Waals surface area contributed by atoms with Gasteiger partial charge in [-0.25, -0.2) is 4.79 Å². The number of hydrogen-bond donors (Lipinski definition) is 2. The largest absolute Gasteiger partial charge is 0.457 e. The van der Waals surface area contributed by atoms with E-state index >= 15 is 0 Å². The first-order chi connectivity index (χ1) is 15.6. The number of nitrogens with two attached hydrogens (primary N) is 1. The van der Waals surface area contributed by atoms with Crippen LogP contribution in [0.1, 0.15) is 27.4 Å². The predicted octanol–water partition coefficient (Wildman–Crippen LogP) is 4.88. The number of benzene rings is 4. The van der Waals surface area contributed by atoms with Gasteiger partial charge < -0.3 is 15.8 Å². The number of anilines is 1. The number of amides is 1. The van der Waals surface area contributed by atoms with Crippen LogP contribution in [0.15, 0.2) is 97.1 Å². The number of fused-ring (bicyclic) bond motifs is 1. The second-order valence-corrected chi connectivity index (χ2v) is 7.52. The maximum Gasteiger partial charge on any atom is 0.338 e. The highest BCUT2D eigenvalue weighted by molar-refractivity contribution is 5.98. The summed E-state index contributed by atoms with van der Waals surface area (Å²) in [4.78, 5) is 25.0. The zero-order valence-corrected chi connectivity index (χ0v) is 17.5. The second kappa shape index (κ2) is 9.90. The van der Waals surface area contributed by atoms with Gasteiger partial charge >= 0.3 is 5.97 Å². The van der Waals surface area contributed by atoms with Crippen molar-refractivity contribution in [3.63, 3.8) is 0 Å². The lowest BCUT2D eigenvalue weighted by atomic mass is 9.97. The van der Waals surface area contributed by atoms with Gasteiger partial charge in [0.25, 0.3) is 0 Å². The molecule has 0 unspecified atom stereocenters. The molecule has 0 bridgehead atoms. The summed E-state index contributed by atoms with van der Waals surface area (Å²) in [5.74, 6) is -1.02. The van der Waals surface area contributed by atoms with Crippen LogP contribution in [-0.2, 0) is 16.1 Å². The third kappa shape index (κ3) is 5.02. The summed E-state index contributed by atoms with van der Waals surface area (Å²) in [6.07, 6.45) is 0. The highest BCUT2D eigenvalue weighted by atomic mass is 16.5. The van der Waals surface area contributed by atoms with Crippen molar-refractivity contribution in [3.05, 3.63) is 114 Å². The van der Waals surface area contributed by atoms with E-state index < -0.39 is 5.92 Å². The van der Waals surface area contributed by atoms with Gasteiger partial charge in [-0.3, -0.25) is 4.79 Å². The van der Waals surface area contributed by atoms with Crippen molar-refractivity contribution >= 4 is 28.3 Å². The van der Waals surface area contributed by atoms with Crippen LogP contribution < -0.4 is 11.1 Å². The van der Waals surface area contributed by atoms with Crippen molar-refractivity contribution in [2.24, 2.45) is 5.73 Å². The van der Waals surface area contributed by atoms with Crippen LogP contribution in [-0.4, -0.2) is 18.4 Å². The van der Waals surface area contributed by atoms with Gasteiger partial charge in [0.2, 0.25) is 5.91 Å². The molecule has 0 fully saturated rings. The van der Waals surface area contributed by atoms with E-state index in [0.29, 0.717) is 5.56 Å². The Labute approximate surface area is 186 Å². The fourth-order valence-corrected chi connectivity index (χ4v) is 3.54. The Bertz CT molecular complexity index is 1220. The van der Waals surface area contributed by atoms with Crippen molar-refractivity contribution in [3.8, 4) is 0 Å². The molecule has 0 radical (unpaired) electrons. The van der Waals surface area contributed by atoms with Crippen LogP contribution in [0.3, 0.4) is 0 Å². The molecule has 4 rings (SSSR count). The molecule has 0 aliphatic carbocycles. The summed E-state index contributed by atoms with van der Waals surface area (Å²) in [6.45, 7) is 0.340. The standard InChI is InChI=1S/C27H24N2O3/c28-17-25(26(30)29-24-15-14-20-6-4-5-9-23(20)16-24)21-12-10-19(11-13-21)18-32-27(31)22-7-2-1-3-8-22/h1-16,25H,17-18,28H2,(H,29,30)/t25-/m0/s1. The molecule has 32 heavy (non-hydrogen) atoms. The lowest BCUT2D eigenvalue weighted by molar-refractivity contribution is -0.117. The number of carbonyl (C=O) groups is 2. The number of nitrogens with one attached hydrogen (secondary N) is 1. The molecule has 160 valence electrons. The predicted molar refractivity (Wildman–Crippen MR) is 126 cm³/mol. The molecule has 4 aromatic carbocycles. The molecule has 0 spiro atoms. The monoisotopic (exact) mass is 424 g/mol. The van der Waals surface area contributed by atoms with Gasteiger partial charge in [-0.05, 0) is 46.2 Å². The molecule has 0 saturated carbocycles. The van der Waals surface area contributed by atoms with Crippen molar-refractivity contribution < 1.29 is 14.3 Å². The van der Waals surface area contributed by atoms with Gasteiger partial charge in [0, 0.05) is 12.2 Å². The Balaban J connectivity index is 1.39. The molecule has 0 aliphatic rings. The fourth-order valence-electron chi connectivity index (χ4n) is 3.54. The molecule has 4 aromatic rings. The summed E-state index contributed by atoms with van der Waals surface area (Å²) in [5, 5.41) is 5.14. The first kappa shape index (κ1) is 21.3. The van der Waals surface area contributed by atoms with Gasteiger partial charge in [-0.2, -0.15) is 0 Å². The Morgan fingerprint density at radius 2 is 1.50 bits per heavy atom. The van der Waals surface area contributed by atoms with Gasteiger partial charge in [0.15, 0.2) is 0 Å². The lowest BCUT2D eigenvalue weighted by Gasteiger charge is -2.16. The van der Waals surface area contributed by atoms with Gasteiger partial charge in [0.1, 0.15) is 6.61 Å². The fraction of sp³-hybridized carbons (Fsp3) is 0.111.